The molecule has 0 N–H and O–H groups in total. The maximum absolute atomic E-state index is 12.1. The second-order valence-electron chi connectivity index (χ2n) is 8.16. The third-order valence-corrected chi connectivity index (χ3v) is 5.15. The zero-order valence-corrected chi connectivity index (χ0v) is 15.8. The number of rotatable bonds is 4. The van der Waals surface area contributed by atoms with Gasteiger partial charge in [0.15, 0.2) is 0 Å². The van der Waals surface area contributed by atoms with Crippen molar-refractivity contribution in [1.82, 2.24) is 4.90 Å². The molecule has 4 nitrogen and oxygen atoms in total. The Bertz CT molecular complexity index is 788. The lowest BCUT2D eigenvalue weighted by Gasteiger charge is -2.32. The van der Waals surface area contributed by atoms with Crippen LogP contribution < -0.4 is 10.4 Å². The third-order valence-electron chi connectivity index (χ3n) is 5.15. The molecule has 4 heteroatoms. The molecule has 136 valence electrons. The predicted molar refractivity (Wildman–Crippen MR) is 102 cm³/mol. The number of likely N-dealkylation sites (tertiary alicyclic amines) is 1. The van der Waals surface area contributed by atoms with Gasteiger partial charge in [0.05, 0.1) is 6.61 Å². The summed E-state index contributed by atoms with van der Waals surface area (Å²) in [6.07, 6.45) is 4.93. The Morgan fingerprint density at radius 2 is 2.04 bits per heavy atom. The summed E-state index contributed by atoms with van der Waals surface area (Å²) in [5.41, 5.74) is 0.810. The van der Waals surface area contributed by atoms with Gasteiger partial charge >= 0.3 is 5.63 Å². The molecule has 2 aromatic rings. The molecule has 1 aliphatic rings. The molecule has 0 saturated carbocycles. The second-order valence-corrected chi connectivity index (χ2v) is 8.16. The Morgan fingerprint density at radius 1 is 1.24 bits per heavy atom. The third kappa shape index (κ3) is 4.24. The van der Waals surface area contributed by atoms with E-state index in [0.717, 1.165) is 17.6 Å². The molecular weight excluding hydrogens is 314 g/mol. The summed E-state index contributed by atoms with van der Waals surface area (Å²) in [6.45, 7) is 7.96. The van der Waals surface area contributed by atoms with Crippen LogP contribution in [0.3, 0.4) is 0 Å². The summed E-state index contributed by atoms with van der Waals surface area (Å²) in [6, 6.07) is 8.23. The average molecular weight is 343 g/mol. The fraction of sp³-hybridized carbons (Fsp3) is 0.571. The van der Waals surface area contributed by atoms with Crippen LogP contribution in [-0.4, -0.2) is 31.1 Å². The van der Waals surface area contributed by atoms with E-state index in [-0.39, 0.29) is 11.0 Å². The second kappa shape index (κ2) is 7.20. The van der Waals surface area contributed by atoms with E-state index in [2.05, 4.69) is 11.9 Å². The quantitative estimate of drug-likeness (QED) is 0.774. The zero-order valence-electron chi connectivity index (χ0n) is 15.8. The van der Waals surface area contributed by atoms with Gasteiger partial charge in [0.1, 0.15) is 11.3 Å². The highest BCUT2D eigenvalue weighted by Crippen LogP contribution is 2.26. The van der Waals surface area contributed by atoms with E-state index in [9.17, 15) is 4.79 Å². The molecule has 0 amide bonds. The molecule has 2 heterocycles. The topological polar surface area (TPSA) is 42.7 Å². The van der Waals surface area contributed by atoms with Gasteiger partial charge < -0.3 is 14.1 Å². The molecule has 0 bridgehead atoms. The van der Waals surface area contributed by atoms with Crippen LogP contribution in [0.5, 0.6) is 5.75 Å². The number of fused-ring (bicyclic) bond motifs is 1. The lowest BCUT2D eigenvalue weighted by molar-refractivity contribution is 0.153. The molecule has 3 rings (SSSR count). The maximum atomic E-state index is 12.1. The SMILES string of the molecule is CN1CCCCC1CCOc1ccc2oc(=O)c(C(C)(C)C)cc2c1. The summed E-state index contributed by atoms with van der Waals surface area (Å²) >= 11 is 0. The molecule has 1 aromatic carbocycles. The van der Waals surface area contributed by atoms with E-state index in [1.165, 1.54) is 25.8 Å². The van der Waals surface area contributed by atoms with Gasteiger partial charge in [-0.2, -0.15) is 0 Å². The van der Waals surface area contributed by atoms with Gasteiger partial charge in [-0.3, -0.25) is 0 Å². The van der Waals surface area contributed by atoms with Crippen molar-refractivity contribution in [3.05, 3.63) is 40.2 Å². The van der Waals surface area contributed by atoms with Crippen LogP contribution in [0.25, 0.3) is 11.0 Å². The highest BCUT2D eigenvalue weighted by Gasteiger charge is 2.20. The van der Waals surface area contributed by atoms with Crippen LogP contribution in [-0.2, 0) is 5.41 Å². The molecule has 25 heavy (non-hydrogen) atoms. The van der Waals surface area contributed by atoms with E-state index in [4.69, 9.17) is 9.15 Å². The van der Waals surface area contributed by atoms with E-state index in [1.54, 1.807) is 0 Å². The normalized spacial score (nSPS) is 19.3. The predicted octanol–water partition coefficient (Wildman–Crippen LogP) is 4.34. The van der Waals surface area contributed by atoms with Crippen LogP contribution in [0.1, 0.15) is 52.0 Å². The summed E-state index contributed by atoms with van der Waals surface area (Å²) in [7, 11) is 2.20. The molecule has 1 aromatic heterocycles. The van der Waals surface area contributed by atoms with Crippen molar-refractivity contribution in [2.75, 3.05) is 20.2 Å². The first-order valence-electron chi connectivity index (χ1n) is 9.26. The number of benzene rings is 1. The number of hydrogen-bond donors (Lipinski definition) is 0. The van der Waals surface area contributed by atoms with Crippen LogP contribution in [0.4, 0.5) is 0 Å². The minimum absolute atomic E-state index is 0.239. The summed E-state index contributed by atoms with van der Waals surface area (Å²) in [5.74, 6) is 0.833. The molecule has 1 unspecified atom stereocenters. The zero-order chi connectivity index (χ0) is 18.0. The molecule has 1 fully saturated rings. The lowest BCUT2D eigenvalue weighted by Crippen LogP contribution is -2.37. The highest BCUT2D eigenvalue weighted by molar-refractivity contribution is 5.78. The Balaban J connectivity index is 1.72. The summed E-state index contributed by atoms with van der Waals surface area (Å²) in [5, 5.41) is 0.914. The molecular formula is C21H29NO3. The number of hydrogen-bond acceptors (Lipinski definition) is 4. The first-order valence-corrected chi connectivity index (χ1v) is 9.26. The molecule has 0 aliphatic carbocycles. The Labute approximate surface area is 149 Å². The minimum Gasteiger partial charge on any atom is -0.494 e. The van der Waals surface area contributed by atoms with Gasteiger partial charge in [0, 0.05) is 17.0 Å². The summed E-state index contributed by atoms with van der Waals surface area (Å²) < 4.78 is 11.4. The van der Waals surface area contributed by atoms with Crippen LogP contribution in [0.2, 0.25) is 0 Å². The Kier molecular flexibility index (Phi) is 5.19. The van der Waals surface area contributed by atoms with E-state index >= 15 is 0 Å². The molecule has 0 radical (unpaired) electrons. The monoisotopic (exact) mass is 343 g/mol. The van der Waals surface area contributed by atoms with Crippen molar-refractivity contribution < 1.29 is 9.15 Å². The van der Waals surface area contributed by atoms with Gasteiger partial charge in [-0.05, 0) is 62.5 Å². The van der Waals surface area contributed by atoms with Crippen molar-refractivity contribution in [3.63, 3.8) is 0 Å². The molecule has 1 aliphatic heterocycles. The van der Waals surface area contributed by atoms with Crippen molar-refractivity contribution in [3.8, 4) is 5.75 Å². The number of nitrogens with zero attached hydrogens (tertiary/aromatic N) is 1. The molecule has 1 atom stereocenters. The van der Waals surface area contributed by atoms with E-state index < -0.39 is 0 Å². The van der Waals surface area contributed by atoms with Crippen molar-refractivity contribution in [2.45, 2.75) is 57.9 Å². The summed E-state index contributed by atoms with van der Waals surface area (Å²) in [4.78, 5) is 14.6. The van der Waals surface area contributed by atoms with Crippen LogP contribution in [0, 0.1) is 0 Å². The Hall–Kier alpha value is -1.81. The minimum atomic E-state index is -0.256. The fourth-order valence-corrected chi connectivity index (χ4v) is 3.54. The first-order chi connectivity index (χ1) is 11.8. The van der Waals surface area contributed by atoms with Gasteiger partial charge in [-0.15, -0.1) is 0 Å². The Morgan fingerprint density at radius 3 is 2.76 bits per heavy atom. The van der Waals surface area contributed by atoms with Gasteiger partial charge in [-0.1, -0.05) is 27.2 Å². The van der Waals surface area contributed by atoms with E-state index in [0.29, 0.717) is 23.8 Å². The van der Waals surface area contributed by atoms with Crippen molar-refractivity contribution in [2.24, 2.45) is 0 Å². The van der Waals surface area contributed by atoms with Crippen LogP contribution >= 0.6 is 0 Å². The van der Waals surface area contributed by atoms with Gasteiger partial charge in [-0.25, -0.2) is 4.79 Å². The van der Waals surface area contributed by atoms with Gasteiger partial charge in [0.2, 0.25) is 0 Å². The number of ether oxygens (including phenoxy) is 1. The van der Waals surface area contributed by atoms with Crippen molar-refractivity contribution >= 4 is 11.0 Å². The lowest BCUT2D eigenvalue weighted by atomic mass is 9.88. The molecule has 0 spiro atoms. The largest absolute Gasteiger partial charge is 0.494 e. The standard InChI is InChI=1S/C21H29NO3/c1-21(2,3)18-14-15-13-17(8-9-19(15)25-20(18)23)24-12-10-16-7-5-6-11-22(16)4/h8-9,13-14,16H,5-7,10-12H2,1-4H3. The maximum Gasteiger partial charge on any atom is 0.339 e. The molecule has 1 saturated heterocycles. The van der Waals surface area contributed by atoms with Crippen LogP contribution in [0.15, 0.2) is 33.5 Å². The first kappa shape index (κ1) is 18.0. The van der Waals surface area contributed by atoms with E-state index in [1.807, 2.05) is 45.0 Å². The fourth-order valence-electron chi connectivity index (χ4n) is 3.54. The van der Waals surface area contributed by atoms with Crippen molar-refractivity contribution in [1.29, 1.82) is 0 Å². The number of piperidine rings is 1. The smallest absolute Gasteiger partial charge is 0.339 e. The highest BCUT2D eigenvalue weighted by atomic mass is 16.5. The van der Waals surface area contributed by atoms with Gasteiger partial charge in [0.25, 0.3) is 0 Å². The average Bonchev–Trinajstić information content (AvgIpc) is 2.55.